The number of carbonyl (C=O) groups is 1. The molecule has 0 aromatic heterocycles. The van der Waals surface area contributed by atoms with Crippen LogP contribution in [0.3, 0.4) is 0 Å². The number of hydrazone groups is 1. The normalized spacial score (nSPS) is 10.7. The van der Waals surface area contributed by atoms with Crippen molar-refractivity contribution in [2.24, 2.45) is 5.10 Å². The van der Waals surface area contributed by atoms with Crippen LogP contribution in [0.4, 0.5) is 5.69 Å². The van der Waals surface area contributed by atoms with E-state index in [4.69, 9.17) is 23.2 Å². The van der Waals surface area contributed by atoms with Gasteiger partial charge in [0.1, 0.15) is 0 Å². The van der Waals surface area contributed by atoms with E-state index in [1.165, 1.54) is 30.3 Å². The van der Waals surface area contributed by atoms with Gasteiger partial charge < -0.3 is 5.11 Å². The molecule has 0 unspecified atom stereocenters. The van der Waals surface area contributed by atoms with Crippen molar-refractivity contribution < 1.29 is 14.8 Å². The van der Waals surface area contributed by atoms with Gasteiger partial charge in [0, 0.05) is 21.7 Å². The first-order valence-corrected chi connectivity index (χ1v) is 6.88. The molecule has 1 N–H and O–H groups in total. The molecule has 1 amide bonds. The highest BCUT2D eigenvalue weighted by Crippen LogP contribution is 2.29. The minimum atomic E-state index is -0.844. The molecule has 23 heavy (non-hydrogen) atoms. The Kier molecular flexibility index (Phi) is 5.15. The van der Waals surface area contributed by atoms with E-state index in [9.17, 15) is 20.0 Å². The third kappa shape index (κ3) is 4.18. The number of benzene rings is 2. The highest BCUT2D eigenvalue weighted by atomic mass is 35.5. The van der Waals surface area contributed by atoms with E-state index in [0.29, 0.717) is 10.6 Å². The van der Waals surface area contributed by atoms with Crippen molar-refractivity contribution in [3.63, 3.8) is 0 Å². The smallest absolute Gasteiger partial charge is 0.271 e. The summed E-state index contributed by atoms with van der Waals surface area (Å²) >= 11 is 11.4. The Morgan fingerprint density at radius 2 is 1.83 bits per heavy atom. The van der Waals surface area contributed by atoms with Gasteiger partial charge in [-0.15, -0.1) is 0 Å². The first-order valence-electron chi connectivity index (χ1n) is 6.12. The molecule has 0 aliphatic rings. The number of nitro benzene ring substituents is 1. The van der Waals surface area contributed by atoms with E-state index in [2.05, 4.69) is 10.5 Å². The monoisotopic (exact) mass is 352 g/mol. The van der Waals surface area contributed by atoms with Crippen molar-refractivity contribution in [2.75, 3.05) is 0 Å². The predicted molar refractivity (Wildman–Crippen MR) is 84.1 cm³/mol. The summed E-state index contributed by atoms with van der Waals surface area (Å²) in [5.74, 6) is -1.37. The lowest BCUT2D eigenvalue weighted by Crippen LogP contribution is -2.17. The zero-order chi connectivity index (χ0) is 17.0. The Morgan fingerprint density at radius 1 is 1.17 bits per heavy atom. The average Bonchev–Trinajstić information content (AvgIpc) is 2.50. The van der Waals surface area contributed by atoms with Gasteiger partial charge in [0.25, 0.3) is 11.6 Å². The zero-order valence-corrected chi connectivity index (χ0v) is 12.8. The molecule has 0 aliphatic heterocycles. The summed E-state index contributed by atoms with van der Waals surface area (Å²) in [4.78, 5) is 21.7. The number of hydrogen-bond donors (Lipinski definition) is 1. The number of hydrogen-bond acceptors (Lipinski definition) is 5. The minimum absolute atomic E-state index is 0.0155. The van der Waals surface area contributed by atoms with E-state index in [1.54, 1.807) is 0 Å². The van der Waals surface area contributed by atoms with E-state index in [-0.39, 0.29) is 10.6 Å². The topological polar surface area (TPSA) is 108 Å². The van der Waals surface area contributed by atoms with Gasteiger partial charge in [-0.05, 0) is 41.6 Å². The Balaban J connectivity index is 2.16. The Labute approximate surface area is 140 Å². The molecule has 2 aromatic rings. The molecule has 0 atom stereocenters. The number of nitrogens with zero attached hydrogens (tertiary/aromatic N) is 2. The molecule has 0 saturated heterocycles. The SMILES string of the molecule is O=C(N/N=C\c1cc(Cl)cc([N+](=O)[O-])c1[O-])c1ccc(Cl)cc1. The van der Waals surface area contributed by atoms with Crippen molar-refractivity contribution in [1.82, 2.24) is 5.43 Å². The van der Waals surface area contributed by atoms with Gasteiger partial charge in [-0.3, -0.25) is 14.9 Å². The molecule has 7 nitrogen and oxygen atoms in total. The molecule has 0 fully saturated rings. The number of halogens is 2. The van der Waals surface area contributed by atoms with E-state index >= 15 is 0 Å². The lowest BCUT2D eigenvalue weighted by molar-refractivity contribution is -0.398. The standard InChI is InChI=1S/C14H9Cl2N3O4/c15-10-3-1-8(2-4-10)14(21)18-17-7-9-5-11(16)6-12(13(9)20)19(22)23/h1-7,20H,(H,18,21)/p-1/b17-7-. The van der Waals surface area contributed by atoms with Gasteiger partial charge >= 0.3 is 0 Å². The number of nitrogens with one attached hydrogen (secondary N) is 1. The quantitative estimate of drug-likeness (QED) is 0.518. The molecule has 0 heterocycles. The minimum Gasteiger partial charge on any atom is -0.867 e. The van der Waals surface area contributed by atoms with Crippen LogP contribution in [0.25, 0.3) is 0 Å². The van der Waals surface area contributed by atoms with E-state index < -0.39 is 22.3 Å². The first-order chi connectivity index (χ1) is 10.9. The van der Waals surface area contributed by atoms with Crippen LogP contribution < -0.4 is 10.5 Å². The summed E-state index contributed by atoms with van der Waals surface area (Å²) < 4.78 is 0. The molecule has 0 aliphatic carbocycles. The van der Waals surface area contributed by atoms with Crippen molar-refractivity contribution in [3.05, 3.63) is 67.7 Å². The maximum atomic E-state index is 11.8. The van der Waals surface area contributed by atoms with Crippen LogP contribution in [0.2, 0.25) is 10.0 Å². The maximum Gasteiger partial charge on any atom is 0.271 e. The second kappa shape index (κ2) is 7.08. The molecular weight excluding hydrogens is 345 g/mol. The van der Waals surface area contributed by atoms with Crippen molar-refractivity contribution in [2.45, 2.75) is 0 Å². The number of rotatable bonds is 4. The number of nitro groups is 1. The average molecular weight is 353 g/mol. The predicted octanol–water partition coefficient (Wildman–Crippen LogP) is 2.74. The molecule has 2 rings (SSSR count). The van der Waals surface area contributed by atoms with Gasteiger partial charge in [0.2, 0.25) is 0 Å². The molecule has 118 valence electrons. The first kappa shape index (κ1) is 16.7. The Hall–Kier alpha value is -2.64. The highest BCUT2D eigenvalue weighted by molar-refractivity contribution is 6.31. The molecule has 0 spiro atoms. The fourth-order valence-electron chi connectivity index (χ4n) is 1.66. The van der Waals surface area contributed by atoms with Gasteiger partial charge in [-0.2, -0.15) is 5.10 Å². The fraction of sp³-hybridized carbons (Fsp3) is 0. The lowest BCUT2D eigenvalue weighted by Gasteiger charge is -2.10. The van der Waals surface area contributed by atoms with E-state index in [1.807, 2.05) is 0 Å². The summed E-state index contributed by atoms with van der Waals surface area (Å²) in [6, 6.07) is 8.24. The van der Waals surface area contributed by atoms with Crippen LogP contribution in [0.1, 0.15) is 15.9 Å². The third-order valence-electron chi connectivity index (χ3n) is 2.74. The molecule has 0 saturated carbocycles. The molecule has 9 heteroatoms. The third-order valence-corrected chi connectivity index (χ3v) is 3.21. The Bertz CT molecular complexity index is 791. The number of carbonyl (C=O) groups excluding carboxylic acids is 1. The van der Waals surface area contributed by atoms with Crippen LogP contribution >= 0.6 is 23.2 Å². The van der Waals surface area contributed by atoms with Crippen LogP contribution in [-0.2, 0) is 0 Å². The second-order valence-electron chi connectivity index (χ2n) is 4.31. The van der Waals surface area contributed by atoms with Crippen molar-refractivity contribution in [3.8, 4) is 5.75 Å². The highest BCUT2D eigenvalue weighted by Gasteiger charge is 2.11. The molecule has 0 radical (unpaired) electrons. The summed E-state index contributed by atoms with van der Waals surface area (Å²) in [7, 11) is 0. The van der Waals surface area contributed by atoms with Crippen molar-refractivity contribution in [1.29, 1.82) is 0 Å². The number of amides is 1. The molecule has 2 aromatic carbocycles. The summed E-state index contributed by atoms with van der Waals surface area (Å²) in [6.07, 6.45) is 0.995. The van der Waals surface area contributed by atoms with Crippen LogP contribution in [-0.4, -0.2) is 17.0 Å². The molecular formula is C14H8Cl2N3O4-. The van der Waals surface area contributed by atoms with Gasteiger partial charge in [-0.25, -0.2) is 5.43 Å². The van der Waals surface area contributed by atoms with Crippen molar-refractivity contribution >= 4 is 41.0 Å². The van der Waals surface area contributed by atoms with Crippen LogP contribution in [0.15, 0.2) is 41.5 Å². The second-order valence-corrected chi connectivity index (χ2v) is 5.18. The van der Waals surface area contributed by atoms with Gasteiger partial charge in [0.15, 0.2) is 0 Å². The van der Waals surface area contributed by atoms with Gasteiger partial charge in [-0.1, -0.05) is 23.2 Å². The fourth-order valence-corrected chi connectivity index (χ4v) is 2.00. The largest absolute Gasteiger partial charge is 0.867 e. The summed E-state index contributed by atoms with van der Waals surface area (Å²) in [6.45, 7) is 0. The Morgan fingerprint density at radius 3 is 2.43 bits per heavy atom. The summed E-state index contributed by atoms with van der Waals surface area (Å²) in [5, 5.41) is 26.7. The lowest BCUT2D eigenvalue weighted by atomic mass is 10.2. The zero-order valence-electron chi connectivity index (χ0n) is 11.3. The van der Waals surface area contributed by atoms with Gasteiger partial charge in [0.05, 0.1) is 11.1 Å². The van der Waals surface area contributed by atoms with Crippen LogP contribution in [0, 0.1) is 10.1 Å². The summed E-state index contributed by atoms with van der Waals surface area (Å²) in [5.41, 5.74) is 1.73. The van der Waals surface area contributed by atoms with E-state index in [0.717, 1.165) is 12.3 Å². The molecule has 0 bridgehead atoms. The maximum absolute atomic E-state index is 11.8. The van der Waals surface area contributed by atoms with Crippen LogP contribution in [0.5, 0.6) is 5.75 Å².